The van der Waals surface area contributed by atoms with Gasteiger partial charge < -0.3 is 9.13 Å². The summed E-state index contributed by atoms with van der Waals surface area (Å²) in [5.74, 6) is 1.79. The number of hydrogen-bond donors (Lipinski definition) is 0. The fourth-order valence-electron chi connectivity index (χ4n) is 12.2. The van der Waals surface area contributed by atoms with Gasteiger partial charge in [0.1, 0.15) is 0 Å². The van der Waals surface area contributed by atoms with E-state index in [9.17, 15) is 0 Å². The first-order chi connectivity index (χ1) is 38.6. The van der Waals surface area contributed by atoms with Crippen molar-refractivity contribution in [2.75, 3.05) is 0 Å². The summed E-state index contributed by atoms with van der Waals surface area (Å²) in [6, 6.07) is 98.7. The molecule has 78 heavy (non-hydrogen) atoms. The third kappa shape index (κ3) is 7.06. The third-order valence-electron chi connectivity index (χ3n) is 15.9. The zero-order valence-corrected chi connectivity index (χ0v) is 42.2. The SMILES string of the molecule is c1ccc(-c2ccc3c(-n4c5cc6ccccc6cc5c5cc6ccccc6cc54)c(-c4ccc5ccccc5c4)cc(-c4nc(-c5ccccc5)nc(-c5ccc6c(c5)c5ccccc5n6-c5ccccc5)n4)c3c2)cc1. The van der Waals surface area contributed by atoms with Crippen LogP contribution in [0.4, 0.5) is 0 Å². The molecule has 0 N–H and O–H groups in total. The molecule has 0 radical (unpaired) electrons. The summed E-state index contributed by atoms with van der Waals surface area (Å²) in [6.45, 7) is 0. The van der Waals surface area contributed by atoms with Gasteiger partial charge in [-0.05, 0) is 133 Å². The summed E-state index contributed by atoms with van der Waals surface area (Å²) < 4.78 is 4.88. The zero-order valence-electron chi connectivity index (χ0n) is 42.2. The molecule has 0 aliphatic carbocycles. The lowest BCUT2D eigenvalue weighted by Crippen LogP contribution is -2.04. The van der Waals surface area contributed by atoms with Crippen LogP contribution in [0, 0.1) is 0 Å². The van der Waals surface area contributed by atoms with E-state index < -0.39 is 0 Å². The first kappa shape index (κ1) is 43.9. The molecule has 0 aliphatic heterocycles. The minimum atomic E-state index is 0.591. The van der Waals surface area contributed by atoms with Crippen molar-refractivity contribution in [3.05, 3.63) is 273 Å². The second kappa shape index (κ2) is 17.6. The monoisotopic (exact) mass is 991 g/mol. The Balaban J connectivity index is 1.03. The van der Waals surface area contributed by atoms with Gasteiger partial charge in [-0.2, -0.15) is 0 Å². The largest absolute Gasteiger partial charge is 0.309 e. The normalized spacial score (nSPS) is 11.8. The number of aromatic nitrogens is 5. The number of rotatable bonds is 7. The van der Waals surface area contributed by atoms with Crippen molar-refractivity contribution in [1.82, 2.24) is 24.1 Å². The molecule has 0 amide bonds. The first-order valence-corrected chi connectivity index (χ1v) is 26.6. The number of nitrogens with zero attached hydrogens (tertiary/aromatic N) is 5. The number of benzene rings is 13. The van der Waals surface area contributed by atoms with Gasteiger partial charge in [0.05, 0.1) is 27.8 Å². The van der Waals surface area contributed by atoms with E-state index in [2.05, 4.69) is 276 Å². The van der Waals surface area contributed by atoms with Crippen LogP contribution in [0.1, 0.15) is 0 Å². The minimum Gasteiger partial charge on any atom is -0.309 e. The highest BCUT2D eigenvalue weighted by atomic mass is 15.0. The van der Waals surface area contributed by atoms with Crippen molar-refractivity contribution < 1.29 is 0 Å². The fraction of sp³-hybridized carbons (Fsp3) is 0. The molecule has 0 aliphatic rings. The van der Waals surface area contributed by atoms with Crippen LogP contribution in [0.3, 0.4) is 0 Å². The van der Waals surface area contributed by atoms with Gasteiger partial charge in [-0.15, -0.1) is 0 Å². The second-order valence-electron chi connectivity index (χ2n) is 20.4. The summed E-state index contributed by atoms with van der Waals surface area (Å²) in [5.41, 5.74) is 13.9. The third-order valence-corrected chi connectivity index (χ3v) is 15.9. The first-order valence-electron chi connectivity index (χ1n) is 26.6. The minimum absolute atomic E-state index is 0.591. The van der Waals surface area contributed by atoms with Crippen LogP contribution in [0.5, 0.6) is 0 Å². The fourth-order valence-corrected chi connectivity index (χ4v) is 12.2. The molecule has 0 bridgehead atoms. The van der Waals surface area contributed by atoms with Crippen LogP contribution < -0.4 is 0 Å². The van der Waals surface area contributed by atoms with Crippen LogP contribution in [-0.2, 0) is 0 Å². The van der Waals surface area contributed by atoms with E-state index in [1.165, 1.54) is 43.1 Å². The predicted molar refractivity (Wildman–Crippen MR) is 326 cm³/mol. The summed E-state index contributed by atoms with van der Waals surface area (Å²) in [4.78, 5) is 16.5. The maximum Gasteiger partial charge on any atom is 0.164 e. The highest BCUT2D eigenvalue weighted by molar-refractivity contribution is 6.19. The Labute approximate surface area is 449 Å². The van der Waals surface area contributed by atoms with E-state index >= 15 is 0 Å². The zero-order chi connectivity index (χ0) is 51.3. The smallest absolute Gasteiger partial charge is 0.164 e. The van der Waals surface area contributed by atoms with Gasteiger partial charge in [0.15, 0.2) is 17.5 Å². The van der Waals surface area contributed by atoms with Crippen molar-refractivity contribution >= 4 is 86.7 Å². The summed E-state index contributed by atoms with van der Waals surface area (Å²) in [6.07, 6.45) is 0. The van der Waals surface area contributed by atoms with Gasteiger partial charge in [0.25, 0.3) is 0 Å². The van der Waals surface area contributed by atoms with Crippen molar-refractivity contribution in [3.8, 4) is 67.8 Å². The molecular weight excluding hydrogens is 947 g/mol. The average Bonchev–Trinajstić information content (AvgIpc) is 4.18. The Bertz CT molecular complexity index is 4980. The second-order valence-corrected chi connectivity index (χ2v) is 20.4. The molecule has 0 saturated heterocycles. The predicted octanol–water partition coefficient (Wildman–Crippen LogP) is 19.0. The molecule has 5 heteroatoms. The lowest BCUT2D eigenvalue weighted by molar-refractivity contribution is 1.08. The van der Waals surface area contributed by atoms with E-state index in [1.807, 2.05) is 6.07 Å². The molecule has 3 heterocycles. The van der Waals surface area contributed by atoms with E-state index in [-0.39, 0.29) is 0 Å². The molecule has 0 unspecified atom stereocenters. The van der Waals surface area contributed by atoms with E-state index in [4.69, 9.17) is 15.0 Å². The molecule has 0 atom stereocenters. The molecule has 16 aromatic rings. The molecule has 0 saturated carbocycles. The maximum absolute atomic E-state index is 5.61. The molecule has 13 aromatic carbocycles. The van der Waals surface area contributed by atoms with E-state index in [0.717, 1.165) is 93.9 Å². The molecular formula is C73H45N5. The van der Waals surface area contributed by atoms with Crippen molar-refractivity contribution in [1.29, 1.82) is 0 Å². The molecule has 16 rings (SSSR count). The maximum atomic E-state index is 5.61. The van der Waals surface area contributed by atoms with Gasteiger partial charge in [-0.3, -0.25) is 0 Å². The molecule has 0 fully saturated rings. The lowest BCUT2D eigenvalue weighted by atomic mass is 9.90. The summed E-state index contributed by atoms with van der Waals surface area (Å²) in [5, 5.41) is 14.0. The van der Waals surface area contributed by atoms with Crippen LogP contribution in [0.25, 0.3) is 154 Å². The van der Waals surface area contributed by atoms with Gasteiger partial charge in [0, 0.05) is 54.9 Å². The number of fused-ring (bicyclic) bond motifs is 10. The van der Waals surface area contributed by atoms with E-state index in [0.29, 0.717) is 17.5 Å². The highest BCUT2D eigenvalue weighted by Gasteiger charge is 2.25. The van der Waals surface area contributed by atoms with Crippen LogP contribution in [-0.4, -0.2) is 24.1 Å². The summed E-state index contributed by atoms with van der Waals surface area (Å²) in [7, 11) is 0. The van der Waals surface area contributed by atoms with Crippen LogP contribution >= 0.6 is 0 Å². The topological polar surface area (TPSA) is 48.5 Å². The number of para-hydroxylation sites is 2. The quantitative estimate of drug-likeness (QED) is 0.160. The van der Waals surface area contributed by atoms with Crippen molar-refractivity contribution in [2.24, 2.45) is 0 Å². The highest BCUT2D eigenvalue weighted by Crippen LogP contribution is 2.47. The van der Waals surface area contributed by atoms with Gasteiger partial charge in [0.2, 0.25) is 0 Å². The Morgan fingerprint density at radius 3 is 1.38 bits per heavy atom. The van der Waals surface area contributed by atoms with E-state index in [1.54, 1.807) is 0 Å². The Morgan fingerprint density at radius 2 is 0.705 bits per heavy atom. The Kier molecular flexibility index (Phi) is 9.87. The molecule has 3 aromatic heterocycles. The van der Waals surface area contributed by atoms with Gasteiger partial charge in [-0.1, -0.05) is 194 Å². The average molecular weight is 992 g/mol. The van der Waals surface area contributed by atoms with Crippen LogP contribution in [0.2, 0.25) is 0 Å². The van der Waals surface area contributed by atoms with Crippen LogP contribution in [0.15, 0.2) is 273 Å². The van der Waals surface area contributed by atoms with Gasteiger partial charge in [-0.25, -0.2) is 15.0 Å². The lowest BCUT2D eigenvalue weighted by Gasteiger charge is -2.21. The Hall–Kier alpha value is -10.5. The number of hydrogen-bond acceptors (Lipinski definition) is 3. The van der Waals surface area contributed by atoms with Crippen molar-refractivity contribution in [3.63, 3.8) is 0 Å². The molecule has 362 valence electrons. The Morgan fingerprint density at radius 1 is 0.218 bits per heavy atom. The standard InChI is InChI=1S/C73H45N5/c1-4-18-46(19-5-1)54-34-36-59-61(39-54)65(73-75-71(48-21-6-2-7-22-48)74-72(76-73)56-35-37-67-62(42-56)58-30-16-17-31-66(58)77(67)57-28-8-3-9-29-57)45-60(55-33-32-47-20-10-11-23-49(47)38-55)70(59)78-68-43-52-26-14-12-24-50(52)40-63(68)64-41-51-25-13-15-27-53(51)44-69(64)78/h1-45H. The molecule has 0 spiro atoms. The summed E-state index contributed by atoms with van der Waals surface area (Å²) >= 11 is 0. The van der Waals surface area contributed by atoms with Gasteiger partial charge >= 0.3 is 0 Å². The van der Waals surface area contributed by atoms with Crippen molar-refractivity contribution in [2.45, 2.75) is 0 Å². The molecule has 5 nitrogen and oxygen atoms in total.